The SMILES string of the molecule is CON=C(C(=O)NC1C(=O)N2CC(OS(=O)(=O)c3ccc(C)cc3)(C(=O)O)CS[C@H]12)c1csc(N)n1. The maximum absolute atomic E-state index is 12.8. The summed E-state index contributed by atoms with van der Waals surface area (Å²) in [6, 6.07) is 4.75. The minimum atomic E-state index is -4.44. The van der Waals surface area contributed by atoms with Crippen molar-refractivity contribution in [3.8, 4) is 0 Å². The van der Waals surface area contributed by atoms with Crippen LogP contribution in [-0.4, -0.2) is 83.3 Å². The summed E-state index contributed by atoms with van der Waals surface area (Å²) in [5.74, 6) is -3.15. The van der Waals surface area contributed by atoms with Gasteiger partial charge in [0.2, 0.25) is 11.5 Å². The van der Waals surface area contributed by atoms with E-state index in [0.29, 0.717) is 0 Å². The Bertz CT molecular complexity index is 1340. The molecule has 192 valence electrons. The summed E-state index contributed by atoms with van der Waals surface area (Å²) >= 11 is 2.07. The molecule has 0 aliphatic carbocycles. The van der Waals surface area contributed by atoms with Crippen molar-refractivity contribution in [2.45, 2.75) is 28.8 Å². The van der Waals surface area contributed by atoms with Gasteiger partial charge in [-0.1, -0.05) is 22.9 Å². The van der Waals surface area contributed by atoms with E-state index in [9.17, 15) is 27.9 Å². The third kappa shape index (κ3) is 4.76. The van der Waals surface area contributed by atoms with Crippen LogP contribution in [0.15, 0.2) is 39.7 Å². The zero-order chi connectivity index (χ0) is 26.3. The number of carbonyl (C=O) groups excluding carboxylic acids is 2. The largest absolute Gasteiger partial charge is 0.479 e. The number of amides is 2. The van der Waals surface area contributed by atoms with Crippen LogP contribution in [0.1, 0.15) is 11.3 Å². The van der Waals surface area contributed by atoms with E-state index in [-0.39, 0.29) is 27.2 Å². The molecule has 1 aromatic heterocycles. The van der Waals surface area contributed by atoms with Crippen molar-refractivity contribution < 1.29 is 36.9 Å². The number of β-lactam (4-membered cyclic amide) rings is 1. The number of aromatic nitrogens is 1. The number of carboxylic acid groups (broad SMARTS) is 1. The number of rotatable bonds is 8. The van der Waals surface area contributed by atoms with Crippen LogP contribution in [0.4, 0.5) is 5.13 Å². The molecule has 0 spiro atoms. The summed E-state index contributed by atoms with van der Waals surface area (Å²) in [5, 5.41) is 17.2. The average molecular weight is 556 g/mol. The van der Waals surface area contributed by atoms with Gasteiger partial charge in [0.25, 0.3) is 16.0 Å². The van der Waals surface area contributed by atoms with Gasteiger partial charge < -0.3 is 25.9 Å². The van der Waals surface area contributed by atoms with E-state index < -0.39 is 51.5 Å². The maximum Gasteiger partial charge on any atom is 0.340 e. The van der Waals surface area contributed by atoms with Crippen LogP contribution in [0.5, 0.6) is 0 Å². The fraction of sp³-hybridized carbons (Fsp3) is 0.350. The molecule has 3 heterocycles. The summed E-state index contributed by atoms with van der Waals surface area (Å²) in [7, 11) is -3.20. The van der Waals surface area contributed by atoms with Crippen molar-refractivity contribution in [2.75, 3.05) is 25.1 Å². The van der Waals surface area contributed by atoms with Crippen LogP contribution < -0.4 is 11.1 Å². The molecule has 2 fully saturated rings. The molecule has 4 rings (SSSR count). The van der Waals surface area contributed by atoms with Crippen LogP contribution >= 0.6 is 23.1 Å². The van der Waals surface area contributed by atoms with E-state index in [1.807, 2.05) is 0 Å². The summed E-state index contributed by atoms with van der Waals surface area (Å²) in [6.07, 6.45) is 0. The van der Waals surface area contributed by atoms with Crippen LogP contribution in [0.3, 0.4) is 0 Å². The van der Waals surface area contributed by atoms with Crippen molar-refractivity contribution in [3.05, 3.63) is 40.9 Å². The number of aryl methyl sites for hydroxylation is 1. The second-order valence-electron chi connectivity index (χ2n) is 7.96. The van der Waals surface area contributed by atoms with E-state index in [1.54, 1.807) is 19.1 Å². The van der Waals surface area contributed by atoms with Gasteiger partial charge >= 0.3 is 5.97 Å². The molecule has 2 amide bonds. The second kappa shape index (κ2) is 9.68. The Balaban J connectivity index is 1.49. The molecular formula is C20H21N5O8S3. The molecule has 0 bridgehead atoms. The molecule has 2 saturated heterocycles. The molecule has 0 saturated carbocycles. The monoisotopic (exact) mass is 555 g/mol. The lowest BCUT2D eigenvalue weighted by Crippen LogP contribution is -2.75. The molecule has 0 radical (unpaired) electrons. The number of carboxylic acids is 1. The number of thioether (sulfide) groups is 1. The second-order valence-corrected chi connectivity index (χ2v) is 11.5. The average Bonchev–Trinajstić information content (AvgIpc) is 3.26. The lowest BCUT2D eigenvalue weighted by molar-refractivity contribution is -0.163. The first-order chi connectivity index (χ1) is 17.0. The summed E-state index contributed by atoms with van der Waals surface area (Å²) in [5.41, 5.74) is 4.20. The summed E-state index contributed by atoms with van der Waals surface area (Å²) < 4.78 is 30.8. The standard InChI is InChI=1S/C20H21N5O8S3/c1-10-3-5-11(6-4-10)36(30,31)33-20(18(28)29)8-25-16(27)14(17(25)35-9-20)23-15(26)13(24-32-2)12-7-34-19(21)22-12/h3-7,14,17H,8-9H2,1-2H3,(H2,21,22)(H,23,26)(H,28,29)/t14?,17-,20?/m1/s1. The van der Waals surface area contributed by atoms with Crippen LogP contribution in [0, 0.1) is 6.92 Å². The first-order valence-electron chi connectivity index (χ1n) is 10.3. The van der Waals surface area contributed by atoms with Crippen molar-refractivity contribution >= 4 is 61.8 Å². The Hall–Kier alpha value is -3.21. The molecule has 2 aromatic rings. The minimum Gasteiger partial charge on any atom is -0.479 e. The van der Waals surface area contributed by atoms with Gasteiger partial charge in [-0.25, -0.2) is 14.0 Å². The Labute approximate surface area is 213 Å². The van der Waals surface area contributed by atoms with Gasteiger partial charge in [0.15, 0.2) is 10.8 Å². The topological polar surface area (TPSA) is 191 Å². The van der Waals surface area contributed by atoms with Crippen molar-refractivity contribution in [3.63, 3.8) is 0 Å². The number of benzene rings is 1. The van der Waals surface area contributed by atoms with Crippen molar-refractivity contribution in [1.29, 1.82) is 0 Å². The smallest absolute Gasteiger partial charge is 0.340 e. The van der Waals surface area contributed by atoms with E-state index >= 15 is 0 Å². The lowest BCUT2D eigenvalue weighted by Gasteiger charge is -2.53. The highest BCUT2D eigenvalue weighted by molar-refractivity contribution is 8.00. The predicted octanol–water partition coefficient (Wildman–Crippen LogP) is 0.0130. The first kappa shape index (κ1) is 25.9. The third-order valence-corrected chi connectivity index (χ3v) is 9.03. The van der Waals surface area contributed by atoms with Gasteiger partial charge in [-0.05, 0) is 19.1 Å². The zero-order valence-corrected chi connectivity index (χ0v) is 21.4. The Morgan fingerprint density at radius 2 is 2.03 bits per heavy atom. The van der Waals surface area contributed by atoms with Crippen LogP contribution in [0.2, 0.25) is 0 Å². The Kier molecular flexibility index (Phi) is 6.96. The summed E-state index contributed by atoms with van der Waals surface area (Å²) in [4.78, 5) is 47.4. The number of carbonyl (C=O) groups is 3. The highest BCUT2D eigenvalue weighted by atomic mass is 32.2. The number of fused-ring (bicyclic) bond motifs is 1. The number of aliphatic carboxylic acids is 1. The van der Waals surface area contributed by atoms with E-state index in [4.69, 9.17) is 14.8 Å². The van der Waals surface area contributed by atoms with Gasteiger partial charge in [-0.3, -0.25) is 9.59 Å². The number of anilines is 1. The number of thiazole rings is 1. The molecule has 2 aliphatic heterocycles. The zero-order valence-electron chi connectivity index (χ0n) is 18.9. The molecule has 4 N–H and O–H groups in total. The molecule has 1 aromatic carbocycles. The quantitative estimate of drug-likeness (QED) is 0.172. The number of hydrogen-bond donors (Lipinski definition) is 3. The van der Waals surface area contributed by atoms with Gasteiger partial charge in [-0.2, -0.15) is 8.42 Å². The predicted molar refractivity (Wildman–Crippen MR) is 130 cm³/mol. The lowest BCUT2D eigenvalue weighted by atomic mass is 9.99. The number of nitrogen functional groups attached to an aromatic ring is 1. The fourth-order valence-corrected chi connectivity index (χ4v) is 6.87. The summed E-state index contributed by atoms with van der Waals surface area (Å²) in [6.45, 7) is 1.26. The van der Waals surface area contributed by atoms with E-state index in [0.717, 1.165) is 33.6 Å². The molecule has 13 nitrogen and oxygen atoms in total. The van der Waals surface area contributed by atoms with Crippen molar-refractivity contribution in [2.24, 2.45) is 5.16 Å². The van der Waals surface area contributed by atoms with Crippen molar-refractivity contribution in [1.82, 2.24) is 15.2 Å². The number of nitrogens with zero attached hydrogens (tertiary/aromatic N) is 3. The van der Waals surface area contributed by atoms with Gasteiger partial charge in [0.05, 0.1) is 11.4 Å². The Morgan fingerprint density at radius 1 is 1.33 bits per heavy atom. The molecular weight excluding hydrogens is 534 g/mol. The van der Waals surface area contributed by atoms with Gasteiger partial charge in [0, 0.05) is 11.1 Å². The van der Waals surface area contributed by atoms with E-state index in [1.165, 1.54) is 24.6 Å². The minimum absolute atomic E-state index is 0.163. The highest BCUT2D eigenvalue weighted by Crippen LogP contribution is 2.41. The first-order valence-corrected chi connectivity index (χ1v) is 13.6. The highest BCUT2D eigenvalue weighted by Gasteiger charge is 2.60. The fourth-order valence-electron chi connectivity index (χ4n) is 3.63. The number of hydrogen-bond acceptors (Lipinski definition) is 12. The van der Waals surface area contributed by atoms with Crippen LogP contribution in [-0.2, 0) is 33.5 Å². The van der Waals surface area contributed by atoms with E-state index in [2.05, 4.69) is 15.5 Å². The normalized spacial score (nSPS) is 24.0. The molecule has 2 aliphatic rings. The number of nitrogens with one attached hydrogen (secondary N) is 1. The van der Waals surface area contributed by atoms with Crippen LogP contribution in [0.25, 0.3) is 0 Å². The number of oxime groups is 1. The van der Waals surface area contributed by atoms with Gasteiger partial charge in [-0.15, -0.1) is 23.1 Å². The molecule has 36 heavy (non-hydrogen) atoms. The van der Waals surface area contributed by atoms with Gasteiger partial charge in [0.1, 0.15) is 24.2 Å². The molecule has 2 unspecified atom stereocenters. The Morgan fingerprint density at radius 3 is 2.61 bits per heavy atom. The third-order valence-electron chi connectivity index (χ3n) is 5.47. The maximum atomic E-state index is 12.8. The molecule has 3 atom stereocenters. The number of nitrogens with two attached hydrogens (primary N) is 1. The molecule has 16 heteroatoms.